The summed E-state index contributed by atoms with van der Waals surface area (Å²) in [5, 5.41) is 7.57. The van der Waals surface area contributed by atoms with Gasteiger partial charge in [-0.1, -0.05) is 0 Å². The molecule has 0 radical (unpaired) electrons. The van der Waals surface area contributed by atoms with Gasteiger partial charge in [0.25, 0.3) is 0 Å². The van der Waals surface area contributed by atoms with Crippen LogP contribution in [-0.2, 0) is 14.3 Å². The predicted octanol–water partition coefficient (Wildman–Crippen LogP) is 0.295. The fraction of sp³-hybridized carbons (Fsp3) is 0.857. The first-order valence-electron chi connectivity index (χ1n) is 3.48. The van der Waals surface area contributed by atoms with Crippen molar-refractivity contribution in [3.63, 3.8) is 0 Å². The van der Waals surface area contributed by atoms with E-state index in [4.69, 9.17) is 9.84 Å². The summed E-state index contributed by atoms with van der Waals surface area (Å²) >= 11 is 0. The van der Waals surface area contributed by atoms with E-state index < -0.39 is 5.79 Å². The molecule has 0 aromatic heterocycles. The minimum atomic E-state index is -0.683. The van der Waals surface area contributed by atoms with E-state index in [0.29, 0.717) is 0 Å². The minimum absolute atomic E-state index is 0.0903. The first-order chi connectivity index (χ1) is 5.02. The van der Waals surface area contributed by atoms with Crippen molar-refractivity contribution in [2.75, 3.05) is 13.2 Å². The first-order valence-corrected chi connectivity index (χ1v) is 3.48. The molecule has 0 aromatic rings. The monoisotopic (exact) mass is 162 g/mol. The highest BCUT2D eigenvalue weighted by Crippen LogP contribution is 2.16. The molecule has 0 saturated carbocycles. The summed E-state index contributed by atoms with van der Waals surface area (Å²) in [7, 11) is 0. The standard InChI is InChI=1S/C5H8O3.C2H6O/c1-5(2)7-3-4(6)8-5;1-2-3/h3H2,1-2H3;3H,2H2,1H3. The molecular weight excluding hydrogens is 148 g/mol. The van der Waals surface area contributed by atoms with E-state index in [0.717, 1.165) is 0 Å². The highest BCUT2D eigenvalue weighted by atomic mass is 16.8. The lowest BCUT2D eigenvalue weighted by Crippen LogP contribution is -2.19. The van der Waals surface area contributed by atoms with Crippen molar-refractivity contribution in [1.82, 2.24) is 0 Å². The van der Waals surface area contributed by atoms with Crippen LogP contribution in [0.25, 0.3) is 0 Å². The molecule has 0 atom stereocenters. The molecule has 1 N–H and O–H groups in total. The molecule has 4 nitrogen and oxygen atoms in total. The Morgan fingerprint density at radius 2 is 2.09 bits per heavy atom. The van der Waals surface area contributed by atoms with Gasteiger partial charge < -0.3 is 14.6 Å². The molecule has 0 aromatic carbocycles. The Hall–Kier alpha value is -0.610. The van der Waals surface area contributed by atoms with Crippen LogP contribution in [0, 0.1) is 0 Å². The summed E-state index contributed by atoms with van der Waals surface area (Å²) in [6.45, 7) is 5.43. The summed E-state index contributed by atoms with van der Waals surface area (Å²) in [6, 6.07) is 0. The lowest BCUT2D eigenvalue weighted by atomic mass is 10.4. The average molecular weight is 162 g/mol. The number of carbonyl (C=O) groups is 1. The van der Waals surface area contributed by atoms with Crippen molar-refractivity contribution >= 4 is 5.97 Å². The van der Waals surface area contributed by atoms with Crippen LogP contribution in [0.4, 0.5) is 0 Å². The van der Waals surface area contributed by atoms with Gasteiger partial charge in [-0.05, 0) is 6.92 Å². The summed E-state index contributed by atoms with van der Waals surface area (Å²) in [5.74, 6) is -0.966. The van der Waals surface area contributed by atoms with E-state index in [1.54, 1.807) is 20.8 Å². The fourth-order valence-corrected chi connectivity index (χ4v) is 0.566. The van der Waals surface area contributed by atoms with Gasteiger partial charge in [-0.3, -0.25) is 0 Å². The van der Waals surface area contributed by atoms with E-state index in [2.05, 4.69) is 4.74 Å². The lowest BCUT2D eigenvalue weighted by Gasteiger charge is -2.13. The maximum Gasteiger partial charge on any atom is 0.334 e. The zero-order valence-corrected chi connectivity index (χ0v) is 7.09. The normalized spacial score (nSPS) is 20.2. The second-order valence-electron chi connectivity index (χ2n) is 2.48. The van der Waals surface area contributed by atoms with Gasteiger partial charge in [0.15, 0.2) is 0 Å². The third kappa shape index (κ3) is 4.75. The zero-order chi connectivity index (χ0) is 8.91. The van der Waals surface area contributed by atoms with Crippen LogP contribution in [0.3, 0.4) is 0 Å². The van der Waals surface area contributed by atoms with Crippen LogP contribution in [0.5, 0.6) is 0 Å². The minimum Gasteiger partial charge on any atom is -0.432 e. The number of cyclic esters (lactones) is 1. The molecule has 11 heavy (non-hydrogen) atoms. The van der Waals surface area contributed by atoms with Crippen molar-refractivity contribution in [3.8, 4) is 0 Å². The molecule has 1 aliphatic rings. The number of rotatable bonds is 0. The van der Waals surface area contributed by atoms with Crippen LogP contribution in [0.2, 0.25) is 0 Å². The van der Waals surface area contributed by atoms with Crippen molar-refractivity contribution in [3.05, 3.63) is 0 Å². The number of hydrogen-bond acceptors (Lipinski definition) is 4. The van der Waals surface area contributed by atoms with E-state index >= 15 is 0 Å². The molecule has 0 bridgehead atoms. The molecule has 0 spiro atoms. The number of aliphatic hydroxyl groups is 1. The third-order valence-corrected chi connectivity index (χ3v) is 0.897. The molecule has 0 amide bonds. The van der Waals surface area contributed by atoms with Crippen molar-refractivity contribution in [2.45, 2.75) is 26.6 Å². The van der Waals surface area contributed by atoms with Gasteiger partial charge in [-0.15, -0.1) is 0 Å². The summed E-state index contributed by atoms with van der Waals surface area (Å²) in [5.41, 5.74) is 0. The van der Waals surface area contributed by atoms with E-state index in [1.807, 2.05) is 0 Å². The van der Waals surface area contributed by atoms with Crippen LogP contribution >= 0.6 is 0 Å². The predicted molar refractivity (Wildman–Crippen MR) is 38.9 cm³/mol. The van der Waals surface area contributed by atoms with Crippen molar-refractivity contribution in [1.29, 1.82) is 0 Å². The van der Waals surface area contributed by atoms with Gasteiger partial charge >= 0.3 is 5.97 Å². The van der Waals surface area contributed by atoms with Gasteiger partial charge in [0.05, 0.1) is 0 Å². The Balaban J connectivity index is 0.000000292. The Kier molecular flexibility index (Phi) is 4.07. The lowest BCUT2D eigenvalue weighted by molar-refractivity contribution is -0.159. The summed E-state index contributed by atoms with van der Waals surface area (Å²) in [4.78, 5) is 10.3. The second kappa shape index (κ2) is 4.31. The Morgan fingerprint density at radius 3 is 2.18 bits per heavy atom. The molecule has 1 saturated heterocycles. The number of ether oxygens (including phenoxy) is 2. The SMILES string of the molecule is CC1(C)OCC(=O)O1.CCO. The Labute approximate surface area is 66.1 Å². The highest BCUT2D eigenvalue weighted by molar-refractivity contribution is 5.72. The maximum absolute atomic E-state index is 10.3. The average Bonchev–Trinajstić information content (AvgIpc) is 2.11. The van der Waals surface area contributed by atoms with Crippen LogP contribution < -0.4 is 0 Å². The summed E-state index contributed by atoms with van der Waals surface area (Å²) < 4.78 is 9.57. The van der Waals surface area contributed by atoms with Gasteiger partial charge in [-0.25, -0.2) is 4.79 Å². The van der Waals surface area contributed by atoms with E-state index in [9.17, 15) is 4.79 Å². The Morgan fingerprint density at radius 1 is 1.64 bits per heavy atom. The second-order valence-corrected chi connectivity index (χ2v) is 2.48. The fourth-order valence-electron chi connectivity index (χ4n) is 0.566. The maximum atomic E-state index is 10.3. The van der Waals surface area contributed by atoms with Gasteiger partial charge in [0, 0.05) is 20.5 Å². The third-order valence-electron chi connectivity index (χ3n) is 0.897. The molecule has 1 heterocycles. The van der Waals surface area contributed by atoms with Gasteiger partial charge in [0.2, 0.25) is 5.79 Å². The molecule has 1 aliphatic heterocycles. The molecular formula is C7H14O4. The molecule has 0 aliphatic carbocycles. The number of esters is 1. The van der Waals surface area contributed by atoms with Crippen LogP contribution in [0.1, 0.15) is 20.8 Å². The number of aliphatic hydroxyl groups excluding tert-OH is 1. The Bertz CT molecular complexity index is 130. The molecule has 4 heteroatoms. The molecule has 66 valence electrons. The zero-order valence-electron chi connectivity index (χ0n) is 7.09. The van der Waals surface area contributed by atoms with Gasteiger partial charge in [0.1, 0.15) is 6.61 Å². The topological polar surface area (TPSA) is 55.8 Å². The van der Waals surface area contributed by atoms with Crippen LogP contribution in [0.15, 0.2) is 0 Å². The highest BCUT2D eigenvalue weighted by Gasteiger charge is 2.31. The molecule has 1 rings (SSSR count). The number of hydrogen-bond donors (Lipinski definition) is 1. The molecule has 1 fully saturated rings. The van der Waals surface area contributed by atoms with E-state index in [1.165, 1.54) is 0 Å². The van der Waals surface area contributed by atoms with Gasteiger partial charge in [-0.2, -0.15) is 0 Å². The first kappa shape index (κ1) is 10.4. The quantitative estimate of drug-likeness (QED) is 0.520. The molecule has 0 unspecified atom stereocenters. The largest absolute Gasteiger partial charge is 0.432 e. The van der Waals surface area contributed by atoms with Crippen molar-refractivity contribution < 1.29 is 19.4 Å². The number of carbonyl (C=O) groups excluding carboxylic acids is 1. The summed E-state index contributed by atoms with van der Waals surface area (Å²) in [6.07, 6.45) is 0. The van der Waals surface area contributed by atoms with E-state index in [-0.39, 0.29) is 19.2 Å². The van der Waals surface area contributed by atoms with Crippen molar-refractivity contribution in [2.24, 2.45) is 0 Å². The van der Waals surface area contributed by atoms with Crippen LogP contribution in [-0.4, -0.2) is 30.1 Å². The smallest absolute Gasteiger partial charge is 0.334 e.